The monoisotopic (exact) mass is 343 g/mol. The summed E-state index contributed by atoms with van der Waals surface area (Å²) in [5.74, 6) is -0.180. The number of rotatable bonds is 3. The number of nitrogens with one attached hydrogen (secondary N) is 1. The Bertz CT molecular complexity index is 862. The number of carbonyl (C=O) groups excluding carboxylic acids is 1. The molecule has 1 amide bonds. The highest BCUT2D eigenvalue weighted by Gasteiger charge is 2.17. The van der Waals surface area contributed by atoms with Gasteiger partial charge in [-0.05, 0) is 43.7 Å². The molecule has 0 spiro atoms. The second-order valence-corrected chi connectivity index (χ2v) is 6.45. The molecule has 0 saturated heterocycles. The Kier molecular flexibility index (Phi) is 4.41. The summed E-state index contributed by atoms with van der Waals surface area (Å²) < 4.78 is 0. The minimum absolute atomic E-state index is 0.180. The lowest BCUT2D eigenvalue weighted by Gasteiger charge is -2.08. The number of thiazole rings is 1. The van der Waals surface area contributed by atoms with E-state index in [0.717, 1.165) is 16.1 Å². The number of amides is 1. The number of benzene rings is 1. The molecule has 4 nitrogen and oxygen atoms in total. The molecule has 6 heteroatoms. The molecule has 0 radical (unpaired) electrons. The van der Waals surface area contributed by atoms with Gasteiger partial charge in [0.1, 0.15) is 9.88 Å². The summed E-state index contributed by atoms with van der Waals surface area (Å²) in [6, 6.07) is 9.21. The fourth-order valence-corrected chi connectivity index (χ4v) is 3.27. The third kappa shape index (κ3) is 3.25. The summed E-state index contributed by atoms with van der Waals surface area (Å²) in [5.41, 5.74) is 3.15. The largest absolute Gasteiger partial charge is 0.321 e. The third-order valence-electron chi connectivity index (χ3n) is 3.43. The number of pyridine rings is 1. The normalized spacial score (nSPS) is 10.6. The van der Waals surface area contributed by atoms with Gasteiger partial charge in [-0.2, -0.15) is 0 Å². The topological polar surface area (TPSA) is 54.9 Å². The van der Waals surface area contributed by atoms with Crippen LogP contribution >= 0.6 is 22.9 Å². The zero-order valence-electron chi connectivity index (χ0n) is 12.6. The van der Waals surface area contributed by atoms with Gasteiger partial charge in [0.05, 0.1) is 5.69 Å². The van der Waals surface area contributed by atoms with Crippen molar-refractivity contribution in [1.82, 2.24) is 9.97 Å². The van der Waals surface area contributed by atoms with Crippen LogP contribution in [0.2, 0.25) is 5.02 Å². The molecule has 2 aromatic heterocycles. The first-order valence-corrected chi connectivity index (χ1v) is 8.20. The maximum atomic E-state index is 12.5. The molecule has 0 bridgehead atoms. The Morgan fingerprint density at radius 2 is 2.04 bits per heavy atom. The van der Waals surface area contributed by atoms with Crippen LogP contribution in [0.5, 0.6) is 0 Å². The molecule has 116 valence electrons. The number of nitrogens with zero attached hydrogens (tertiary/aromatic N) is 2. The summed E-state index contributed by atoms with van der Waals surface area (Å²) >= 11 is 7.44. The Morgan fingerprint density at radius 3 is 2.78 bits per heavy atom. The second-order valence-electron chi connectivity index (χ2n) is 5.04. The van der Waals surface area contributed by atoms with Crippen molar-refractivity contribution in [2.45, 2.75) is 13.8 Å². The fraction of sp³-hybridized carbons (Fsp3) is 0.118. The van der Waals surface area contributed by atoms with Crippen molar-refractivity contribution < 1.29 is 4.79 Å². The molecule has 0 unspecified atom stereocenters. The molecule has 3 rings (SSSR count). The molecule has 3 aromatic rings. The van der Waals surface area contributed by atoms with Crippen molar-refractivity contribution in [3.63, 3.8) is 0 Å². The molecule has 0 fully saturated rings. The highest BCUT2D eigenvalue weighted by atomic mass is 35.5. The van der Waals surface area contributed by atoms with E-state index < -0.39 is 0 Å². The van der Waals surface area contributed by atoms with E-state index in [4.69, 9.17) is 11.6 Å². The molecule has 0 saturated carbocycles. The van der Waals surface area contributed by atoms with E-state index in [1.165, 1.54) is 11.3 Å². The third-order valence-corrected chi connectivity index (χ3v) is 5.04. The van der Waals surface area contributed by atoms with Gasteiger partial charge in [0.25, 0.3) is 5.91 Å². The van der Waals surface area contributed by atoms with E-state index in [-0.39, 0.29) is 5.91 Å². The maximum absolute atomic E-state index is 12.5. The van der Waals surface area contributed by atoms with Crippen LogP contribution in [0.1, 0.15) is 20.9 Å². The van der Waals surface area contributed by atoms with Crippen LogP contribution in [0.25, 0.3) is 10.6 Å². The summed E-state index contributed by atoms with van der Waals surface area (Å²) in [7, 11) is 0. The van der Waals surface area contributed by atoms with Gasteiger partial charge < -0.3 is 5.32 Å². The van der Waals surface area contributed by atoms with Gasteiger partial charge >= 0.3 is 0 Å². The highest BCUT2D eigenvalue weighted by Crippen LogP contribution is 2.29. The predicted molar refractivity (Wildman–Crippen MR) is 94.2 cm³/mol. The van der Waals surface area contributed by atoms with Crippen molar-refractivity contribution in [3.05, 3.63) is 63.9 Å². The van der Waals surface area contributed by atoms with E-state index in [9.17, 15) is 4.79 Å². The van der Waals surface area contributed by atoms with Crippen molar-refractivity contribution in [1.29, 1.82) is 0 Å². The lowest BCUT2D eigenvalue weighted by Crippen LogP contribution is -2.12. The Morgan fingerprint density at radius 1 is 1.22 bits per heavy atom. The van der Waals surface area contributed by atoms with Crippen LogP contribution in [0.15, 0.2) is 42.7 Å². The number of hydrogen-bond donors (Lipinski definition) is 1. The lowest BCUT2D eigenvalue weighted by atomic mass is 10.2. The van der Waals surface area contributed by atoms with Gasteiger partial charge in [-0.15, -0.1) is 11.3 Å². The highest BCUT2D eigenvalue weighted by molar-refractivity contribution is 7.17. The van der Waals surface area contributed by atoms with Gasteiger partial charge in [0, 0.05) is 28.7 Å². The maximum Gasteiger partial charge on any atom is 0.267 e. The minimum Gasteiger partial charge on any atom is -0.321 e. The van der Waals surface area contributed by atoms with Crippen LogP contribution in [-0.2, 0) is 0 Å². The predicted octanol–water partition coefficient (Wildman–Crippen LogP) is 4.73. The molecule has 23 heavy (non-hydrogen) atoms. The summed E-state index contributed by atoms with van der Waals surface area (Å²) in [6.07, 6.45) is 3.45. The van der Waals surface area contributed by atoms with Gasteiger partial charge in [0.15, 0.2) is 0 Å². The fourth-order valence-electron chi connectivity index (χ4n) is 2.14. The van der Waals surface area contributed by atoms with Gasteiger partial charge in [-0.25, -0.2) is 4.98 Å². The number of halogens is 1. The number of aryl methyl sites for hydroxylation is 1. The van der Waals surface area contributed by atoms with Crippen molar-refractivity contribution in [2.75, 3.05) is 5.32 Å². The van der Waals surface area contributed by atoms with Crippen molar-refractivity contribution >= 4 is 34.5 Å². The van der Waals surface area contributed by atoms with Crippen LogP contribution < -0.4 is 5.32 Å². The number of hydrogen-bond acceptors (Lipinski definition) is 4. The van der Waals surface area contributed by atoms with E-state index in [1.807, 2.05) is 38.1 Å². The SMILES string of the molecule is Cc1nc(-c2cccnc2)sc1C(=O)Nc1cccc(Cl)c1C. The zero-order chi connectivity index (χ0) is 16.4. The van der Waals surface area contributed by atoms with Gasteiger partial charge in [-0.3, -0.25) is 9.78 Å². The summed E-state index contributed by atoms with van der Waals surface area (Å²) in [5, 5.41) is 4.31. The molecule has 0 aliphatic heterocycles. The number of carbonyl (C=O) groups is 1. The first kappa shape index (κ1) is 15.6. The number of anilines is 1. The summed E-state index contributed by atoms with van der Waals surface area (Å²) in [6.45, 7) is 3.70. The zero-order valence-corrected chi connectivity index (χ0v) is 14.2. The quantitative estimate of drug-likeness (QED) is 0.748. The minimum atomic E-state index is -0.180. The average Bonchev–Trinajstić information content (AvgIpc) is 2.95. The molecular weight excluding hydrogens is 330 g/mol. The lowest BCUT2D eigenvalue weighted by molar-refractivity contribution is 0.102. The van der Waals surface area contributed by atoms with Crippen LogP contribution in [0.4, 0.5) is 5.69 Å². The van der Waals surface area contributed by atoms with E-state index in [2.05, 4.69) is 15.3 Å². The Labute approximate surface area is 143 Å². The standard InChI is InChI=1S/C17H14ClN3OS/c1-10-13(18)6-3-7-14(10)21-16(22)15-11(2)20-17(23-15)12-5-4-8-19-9-12/h3-9H,1-2H3,(H,21,22). The molecule has 0 atom stereocenters. The second kappa shape index (κ2) is 6.48. The molecule has 0 aliphatic carbocycles. The molecule has 1 N–H and O–H groups in total. The van der Waals surface area contributed by atoms with Crippen LogP contribution in [-0.4, -0.2) is 15.9 Å². The average molecular weight is 344 g/mol. The smallest absolute Gasteiger partial charge is 0.267 e. The summed E-state index contributed by atoms with van der Waals surface area (Å²) in [4.78, 5) is 21.7. The van der Waals surface area contributed by atoms with E-state index in [0.29, 0.717) is 21.3 Å². The first-order valence-electron chi connectivity index (χ1n) is 7.00. The molecule has 1 aromatic carbocycles. The first-order chi connectivity index (χ1) is 11.1. The Balaban J connectivity index is 1.89. The van der Waals surface area contributed by atoms with E-state index >= 15 is 0 Å². The van der Waals surface area contributed by atoms with Crippen molar-refractivity contribution in [3.8, 4) is 10.6 Å². The van der Waals surface area contributed by atoms with Gasteiger partial charge in [-0.1, -0.05) is 17.7 Å². The number of aromatic nitrogens is 2. The van der Waals surface area contributed by atoms with Gasteiger partial charge in [0.2, 0.25) is 0 Å². The van der Waals surface area contributed by atoms with Crippen LogP contribution in [0, 0.1) is 13.8 Å². The molecule has 0 aliphatic rings. The Hall–Kier alpha value is -2.24. The van der Waals surface area contributed by atoms with Crippen molar-refractivity contribution in [2.24, 2.45) is 0 Å². The van der Waals surface area contributed by atoms with Crippen LogP contribution in [0.3, 0.4) is 0 Å². The van der Waals surface area contributed by atoms with E-state index in [1.54, 1.807) is 18.5 Å². The molecule has 2 heterocycles. The molecular formula is C17H14ClN3OS.